The molecule has 0 amide bonds. The largest absolute Gasteiger partial charge is 0.309 e. The summed E-state index contributed by atoms with van der Waals surface area (Å²) in [5.74, 6) is 0.696. The third kappa shape index (κ3) is 11.1. The van der Waals surface area contributed by atoms with Crippen LogP contribution in [0.25, 0.3) is 221 Å². The van der Waals surface area contributed by atoms with Gasteiger partial charge in [0.25, 0.3) is 0 Å². The Bertz CT molecular complexity index is 8050. The van der Waals surface area contributed by atoms with E-state index in [4.69, 9.17) is 15.0 Å². The Kier molecular flexibility index (Phi) is 15.5. The van der Waals surface area contributed by atoms with E-state index in [0.29, 0.717) is 5.82 Å². The van der Waals surface area contributed by atoms with Crippen LogP contribution in [-0.2, 0) is 0 Å². The summed E-state index contributed by atoms with van der Waals surface area (Å²) in [6, 6.07) is 151. The molecule has 0 aliphatic rings. The lowest BCUT2D eigenvalue weighted by atomic mass is 9.97. The first-order chi connectivity index (χ1) is 57.5. The van der Waals surface area contributed by atoms with Crippen LogP contribution in [0, 0.1) is 0 Å². The van der Waals surface area contributed by atoms with E-state index in [1.54, 1.807) is 0 Å². The average Bonchev–Trinajstić information content (AvgIpc) is 1.55. The van der Waals surface area contributed by atoms with Gasteiger partial charge >= 0.3 is 0 Å². The summed E-state index contributed by atoms with van der Waals surface area (Å²) in [6.07, 6.45) is 0. The lowest BCUT2D eigenvalue weighted by molar-refractivity contribution is 1.16. The molecule has 6 aromatic heterocycles. The van der Waals surface area contributed by atoms with Crippen LogP contribution in [0.15, 0.2) is 419 Å². The molecule has 116 heavy (non-hydrogen) atoms. The van der Waals surface area contributed by atoms with Gasteiger partial charge in [0.1, 0.15) is 0 Å². The van der Waals surface area contributed by atoms with E-state index in [1.165, 1.54) is 142 Å². The van der Waals surface area contributed by atoms with Crippen LogP contribution in [0.3, 0.4) is 0 Å². The fraction of sp³-hybridized carbons (Fsp3) is 0. The van der Waals surface area contributed by atoms with Gasteiger partial charge in [-0.25, -0.2) is 15.0 Å². The van der Waals surface area contributed by atoms with Gasteiger partial charge in [-0.15, -0.1) is 0 Å². The first-order valence-electron chi connectivity index (χ1n) is 39.6. The number of nitrogens with zero attached hydrogens (tertiary/aromatic N) is 7. The molecule has 0 atom stereocenters. The quantitative estimate of drug-likeness (QED) is 0.137. The van der Waals surface area contributed by atoms with Gasteiger partial charge in [0.2, 0.25) is 0 Å². The molecule has 0 fully saturated rings. The van der Waals surface area contributed by atoms with E-state index >= 15 is 0 Å². The number of rotatable bonds is 10. The third-order valence-corrected chi connectivity index (χ3v) is 23.6. The van der Waals surface area contributed by atoms with E-state index in [2.05, 4.69) is 431 Å². The lowest BCUT2D eigenvalue weighted by Crippen LogP contribution is -1.97. The number of hydrogen-bond donors (Lipinski definition) is 0. The molecular formula is C109H69N7. The molecule has 0 N–H and O–H groups in total. The molecule has 0 saturated carbocycles. The molecule has 0 aliphatic heterocycles. The van der Waals surface area contributed by atoms with Gasteiger partial charge in [0, 0.05) is 93.4 Å². The maximum absolute atomic E-state index is 5.25. The van der Waals surface area contributed by atoms with Crippen LogP contribution in [0.4, 0.5) is 0 Å². The second-order valence-corrected chi connectivity index (χ2v) is 30.2. The highest BCUT2D eigenvalue weighted by Crippen LogP contribution is 2.45. The predicted molar refractivity (Wildman–Crippen MR) is 486 cm³/mol. The summed E-state index contributed by atoms with van der Waals surface area (Å²) < 4.78 is 9.71. The Hall–Kier alpha value is -15.6. The Morgan fingerprint density at radius 2 is 0.517 bits per heavy atom. The molecule has 540 valence electrons. The van der Waals surface area contributed by atoms with Crippen LogP contribution in [0.2, 0.25) is 0 Å². The molecule has 0 spiro atoms. The zero-order chi connectivity index (χ0) is 76.3. The van der Waals surface area contributed by atoms with Crippen molar-refractivity contribution in [2.45, 2.75) is 0 Å². The monoisotopic (exact) mass is 1480 g/mol. The van der Waals surface area contributed by atoms with E-state index in [0.717, 1.165) is 73.1 Å². The Morgan fingerprint density at radius 1 is 0.155 bits per heavy atom. The highest BCUT2D eigenvalue weighted by Gasteiger charge is 2.23. The molecule has 0 saturated heterocycles. The van der Waals surface area contributed by atoms with Crippen molar-refractivity contribution in [1.82, 2.24) is 33.2 Å². The molecule has 18 aromatic carbocycles. The molecule has 0 unspecified atom stereocenters. The van der Waals surface area contributed by atoms with Crippen LogP contribution < -0.4 is 0 Å². The van der Waals surface area contributed by atoms with Crippen molar-refractivity contribution in [3.05, 3.63) is 419 Å². The molecule has 24 rings (SSSR count). The number of hydrogen-bond acceptors (Lipinski definition) is 3. The third-order valence-electron chi connectivity index (χ3n) is 23.6. The van der Waals surface area contributed by atoms with Crippen molar-refractivity contribution in [1.29, 1.82) is 0 Å². The number of fused-ring (bicyclic) bond motifs is 16. The normalized spacial score (nSPS) is 11.8. The summed E-state index contributed by atoms with van der Waals surface area (Å²) in [6.45, 7) is 0. The highest BCUT2D eigenvalue weighted by molar-refractivity contribution is 6.21. The van der Waals surface area contributed by atoms with Gasteiger partial charge in [-0.2, -0.15) is 0 Å². The minimum atomic E-state index is 0.696. The standard InChI is InChI=1S/C55H35N3.C54H34N4/c1-2-15-39(16-3-1)50-32-41(33-51(56-50)45-22-12-18-38-14-6-7-19-44(38)45)37-25-28-42(29-26-37)57-52-23-10-8-20-46(52)48-35-55-49(34-54(48)57)47-21-9-11-24-53(47)58(55)43-30-27-36-13-4-5-17-40(36)31-43;1-2-15-37(16-3-1)47-34-48(40-26-25-35-13-4-5-17-39(35)31-40)56-54(55-47)38-27-29-41(30-28-38)57-50-22-10-8-20-43(50)45-33-53-46(32-52(45)57)44-21-9-11-23-51(44)58(53)49-24-12-18-36-14-6-7-19-42(36)49/h1-35H;1-34H. The van der Waals surface area contributed by atoms with Gasteiger partial charge in [-0.1, -0.05) is 291 Å². The lowest BCUT2D eigenvalue weighted by Gasteiger charge is -2.13. The topological polar surface area (TPSA) is 58.4 Å². The second-order valence-electron chi connectivity index (χ2n) is 30.2. The molecule has 0 radical (unpaired) electrons. The molecular weight excluding hydrogens is 1410 g/mol. The van der Waals surface area contributed by atoms with Crippen LogP contribution in [0.5, 0.6) is 0 Å². The van der Waals surface area contributed by atoms with Crippen molar-refractivity contribution < 1.29 is 0 Å². The Balaban J connectivity index is 0.000000137. The van der Waals surface area contributed by atoms with E-state index in [9.17, 15) is 0 Å². The van der Waals surface area contributed by atoms with Crippen LogP contribution in [0.1, 0.15) is 0 Å². The van der Waals surface area contributed by atoms with Gasteiger partial charge in [0.15, 0.2) is 5.82 Å². The van der Waals surface area contributed by atoms with Crippen molar-refractivity contribution in [2.24, 2.45) is 0 Å². The summed E-state index contributed by atoms with van der Waals surface area (Å²) in [7, 11) is 0. The van der Waals surface area contributed by atoms with E-state index in [1.807, 2.05) is 6.07 Å². The minimum absolute atomic E-state index is 0.696. The van der Waals surface area contributed by atoms with Crippen molar-refractivity contribution >= 4 is 130 Å². The number of benzene rings is 18. The van der Waals surface area contributed by atoms with Crippen LogP contribution >= 0.6 is 0 Å². The Morgan fingerprint density at radius 3 is 1.06 bits per heavy atom. The van der Waals surface area contributed by atoms with E-state index < -0.39 is 0 Å². The van der Waals surface area contributed by atoms with Gasteiger partial charge in [-0.05, 0) is 176 Å². The summed E-state index contributed by atoms with van der Waals surface area (Å²) in [5, 5.41) is 19.6. The fourth-order valence-corrected chi connectivity index (χ4v) is 18.1. The van der Waals surface area contributed by atoms with Crippen molar-refractivity contribution in [3.8, 4) is 90.3 Å². The number of pyridine rings is 1. The number of para-hydroxylation sites is 4. The SMILES string of the molecule is c1ccc(-c2cc(-c3ccc(-n4c5ccccc5c5cc6c(cc54)c4ccccc4n6-c4ccc5ccccc5c4)cc3)cc(-c3cccc4ccccc34)n2)cc1.c1ccc(-c2cc(-c3ccc4ccccc4c3)nc(-c3ccc(-n4c5ccccc5c5cc6c(cc54)c4ccccc4n6-c4cccc5ccccc45)cc3)n2)cc1. The summed E-state index contributed by atoms with van der Waals surface area (Å²) in [5.41, 5.74) is 25.4. The second kappa shape index (κ2) is 27.1. The first kappa shape index (κ1) is 66.2. The maximum atomic E-state index is 5.25. The summed E-state index contributed by atoms with van der Waals surface area (Å²) in [4.78, 5) is 15.6. The molecule has 0 aliphatic carbocycles. The smallest absolute Gasteiger partial charge is 0.160 e. The predicted octanol–water partition coefficient (Wildman–Crippen LogP) is 28.6. The fourth-order valence-electron chi connectivity index (χ4n) is 18.1. The summed E-state index contributed by atoms with van der Waals surface area (Å²) >= 11 is 0. The van der Waals surface area contributed by atoms with E-state index in [-0.39, 0.29) is 0 Å². The zero-order valence-electron chi connectivity index (χ0n) is 63.0. The minimum Gasteiger partial charge on any atom is -0.309 e. The Labute approximate surface area is 668 Å². The van der Waals surface area contributed by atoms with Gasteiger partial charge in [0.05, 0.1) is 72.6 Å². The zero-order valence-corrected chi connectivity index (χ0v) is 63.0. The van der Waals surface area contributed by atoms with Crippen LogP contribution in [-0.4, -0.2) is 33.2 Å². The molecule has 0 bridgehead atoms. The van der Waals surface area contributed by atoms with Gasteiger partial charge in [-0.3, -0.25) is 0 Å². The maximum Gasteiger partial charge on any atom is 0.160 e. The first-order valence-corrected chi connectivity index (χ1v) is 39.6. The average molecular weight is 1480 g/mol. The molecule has 6 heterocycles. The number of aromatic nitrogens is 7. The highest BCUT2D eigenvalue weighted by atomic mass is 15.0. The molecule has 24 aromatic rings. The molecule has 7 heteroatoms. The van der Waals surface area contributed by atoms with Crippen molar-refractivity contribution in [2.75, 3.05) is 0 Å². The van der Waals surface area contributed by atoms with Crippen molar-refractivity contribution in [3.63, 3.8) is 0 Å². The van der Waals surface area contributed by atoms with Gasteiger partial charge < -0.3 is 18.3 Å². The molecule has 7 nitrogen and oxygen atoms in total.